The summed E-state index contributed by atoms with van der Waals surface area (Å²) >= 11 is 0. The Morgan fingerprint density at radius 1 is 1.12 bits per heavy atom. The fourth-order valence-electron chi connectivity index (χ4n) is 2.54. The van der Waals surface area contributed by atoms with E-state index in [0.717, 1.165) is 29.5 Å². The highest BCUT2D eigenvalue weighted by Crippen LogP contribution is 2.29. The van der Waals surface area contributed by atoms with E-state index in [1.807, 2.05) is 19.1 Å². The molecule has 1 N–H and O–H groups in total. The van der Waals surface area contributed by atoms with Gasteiger partial charge in [-0.05, 0) is 42.3 Å². The molecule has 3 aromatic rings. The lowest BCUT2D eigenvalue weighted by atomic mass is 10.1. The molecule has 3 rings (SSSR count). The Hall–Kier alpha value is -3.02. The second-order valence-electron chi connectivity index (χ2n) is 5.50. The molecule has 0 aliphatic carbocycles. The number of anilines is 2. The minimum Gasteiger partial charge on any atom is -0.464 e. The van der Waals surface area contributed by atoms with Crippen LogP contribution in [0.1, 0.15) is 23.0 Å². The normalized spacial score (nSPS) is 10.7. The van der Waals surface area contributed by atoms with Gasteiger partial charge in [-0.15, -0.1) is 0 Å². The minimum absolute atomic E-state index is 0.101. The molecule has 0 fully saturated rings. The van der Waals surface area contributed by atoms with E-state index in [2.05, 4.69) is 10.3 Å². The third-order valence-corrected chi connectivity index (χ3v) is 3.88. The van der Waals surface area contributed by atoms with Crippen LogP contribution in [0, 0.1) is 11.6 Å². The standard InChI is InChI=1S/C19H16F2N2O2/c1-3-11-4-6-15-13(8-11)17(10-18(22-15)19(24)25-2)23-16-7-5-12(20)9-14(16)21/h4-10H,3H2,1-2H3,(H,22,23). The van der Waals surface area contributed by atoms with Crippen LogP contribution in [0.4, 0.5) is 20.2 Å². The highest BCUT2D eigenvalue weighted by molar-refractivity contribution is 5.99. The number of aryl methyl sites for hydroxylation is 1. The Morgan fingerprint density at radius 3 is 2.60 bits per heavy atom. The first-order chi connectivity index (χ1) is 12.0. The van der Waals surface area contributed by atoms with Gasteiger partial charge in [-0.3, -0.25) is 0 Å². The molecule has 2 aromatic carbocycles. The van der Waals surface area contributed by atoms with Gasteiger partial charge in [-0.1, -0.05) is 13.0 Å². The van der Waals surface area contributed by atoms with Crippen molar-refractivity contribution in [3.05, 3.63) is 65.4 Å². The second kappa shape index (κ2) is 6.84. The summed E-state index contributed by atoms with van der Waals surface area (Å²) in [6.45, 7) is 2.02. The summed E-state index contributed by atoms with van der Waals surface area (Å²) in [7, 11) is 1.27. The summed E-state index contributed by atoms with van der Waals surface area (Å²) in [5, 5.41) is 3.66. The van der Waals surface area contributed by atoms with E-state index in [4.69, 9.17) is 4.74 Å². The van der Waals surface area contributed by atoms with Crippen molar-refractivity contribution < 1.29 is 18.3 Å². The molecular formula is C19H16F2N2O2. The molecule has 0 aliphatic heterocycles. The third-order valence-electron chi connectivity index (χ3n) is 3.88. The SMILES string of the molecule is CCc1ccc2nc(C(=O)OC)cc(Nc3ccc(F)cc3F)c2c1. The summed E-state index contributed by atoms with van der Waals surface area (Å²) in [5.41, 5.74) is 2.34. The molecule has 4 nitrogen and oxygen atoms in total. The van der Waals surface area contributed by atoms with Gasteiger partial charge in [0.05, 0.1) is 24.0 Å². The van der Waals surface area contributed by atoms with Crippen molar-refractivity contribution in [3.63, 3.8) is 0 Å². The number of pyridine rings is 1. The molecule has 0 unspecified atom stereocenters. The number of carbonyl (C=O) groups is 1. The molecule has 0 radical (unpaired) electrons. The molecule has 0 spiro atoms. The van der Waals surface area contributed by atoms with Gasteiger partial charge in [0, 0.05) is 11.5 Å². The van der Waals surface area contributed by atoms with E-state index in [1.165, 1.54) is 19.2 Å². The summed E-state index contributed by atoms with van der Waals surface area (Å²) in [4.78, 5) is 16.2. The Kier molecular flexibility index (Phi) is 4.61. The van der Waals surface area contributed by atoms with Crippen LogP contribution in [-0.4, -0.2) is 18.1 Å². The number of carbonyl (C=O) groups excluding carboxylic acids is 1. The summed E-state index contributed by atoms with van der Waals surface area (Å²) in [6, 6.07) is 10.4. The average molecular weight is 342 g/mol. The maximum absolute atomic E-state index is 14.0. The molecule has 0 atom stereocenters. The van der Waals surface area contributed by atoms with Crippen LogP contribution < -0.4 is 5.32 Å². The van der Waals surface area contributed by atoms with Crippen LogP contribution in [0.3, 0.4) is 0 Å². The number of hydrogen-bond donors (Lipinski definition) is 1. The van der Waals surface area contributed by atoms with Gasteiger partial charge in [-0.2, -0.15) is 0 Å². The largest absolute Gasteiger partial charge is 0.464 e. The average Bonchev–Trinajstić information content (AvgIpc) is 2.62. The van der Waals surface area contributed by atoms with Crippen LogP contribution in [0.2, 0.25) is 0 Å². The van der Waals surface area contributed by atoms with Crippen molar-refractivity contribution in [2.75, 3.05) is 12.4 Å². The molecule has 0 saturated heterocycles. The number of halogens is 2. The number of hydrogen-bond acceptors (Lipinski definition) is 4. The molecule has 0 bridgehead atoms. The molecule has 1 heterocycles. The number of nitrogens with one attached hydrogen (secondary N) is 1. The van der Waals surface area contributed by atoms with E-state index < -0.39 is 17.6 Å². The highest BCUT2D eigenvalue weighted by atomic mass is 19.1. The topological polar surface area (TPSA) is 51.2 Å². The fourth-order valence-corrected chi connectivity index (χ4v) is 2.54. The molecule has 6 heteroatoms. The van der Waals surface area contributed by atoms with Gasteiger partial charge in [0.2, 0.25) is 0 Å². The zero-order chi connectivity index (χ0) is 18.0. The lowest BCUT2D eigenvalue weighted by Gasteiger charge is -2.13. The van der Waals surface area contributed by atoms with Gasteiger partial charge in [0.25, 0.3) is 0 Å². The minimum atomic E-state index is -0.726. The first kappa shape index (κ1) is 16.8. The lowest BCUT2D eigenvalue weighted by Crippen LogP contribution is -2.06. The van der Waals surface area contributed by atoms with E-state index in [-0.39, 0.29) is 11.4 Å². The molecular weight excluding hydrogens is 326 g/mol. The van der Waals surface area contributed by atoms with E-state index >= 15 is 0 Å². The van der Waals surface area contributed by atoms with Crippen LogP contribution in [-0.2, 0) is 11.2 Å². The van der Waals surface area contributed by atoms with E-state index in [0.29, 0.717) is 11.2 Å². The number of methoxy groups -OCH3 is 1. The van der Waals surface area contributed by atoms with Gasteiger partial charge in [0.15, 0.2) is 5.69 Å². The first-order valence-corrected chi connectivity index (χ1v) is 7.76. The Balaban J connectivity index is 2.17. The first-order valence-electron chi connectivity index (χ1n) is 7.76. The van der Waals surface area contributed by atoms with E-state index in [1.54, 1.807) is 6.07 Å². The Bertz CT molecular complexity index is 958. The molecule has 0 saturated carbocycles. The van der Waals surface area contributed by atoms with Crippen molar-refractivity contribution in [1.82, 2.24) is 4.98 Å². The monoisotopic (exact) mass is 342 g/mol. The fraction of sp³-hybridized carbons (Fsp3) is 0.158. The van der Waals surface area contributed by atoms with Crippen LogP contribution in [0.25, 0.3) is 10.9 Å². The summed E-state index contributed by atoms with van der Waals surface area (Å²) < 4.78 is 31.8. The smallest absolute Gasteiger partial charge is 0.356 e. The zero-order valence-electron chi connectivity index (χ0n) is 13.8. The van der Waals surface area contributed by atoms with Gasteiger partial charge < -0.3 is 10.1 Å². The highest BCUT2D eigenvalue weighted by Gasteiger charge is 2.14. The maximum Gasteiger partial charge on any atom is 0.356 e. The predicted molar refractivity (Wildman–Crippen MR) is 92.1 cm³/mol. The van der Waals surface area contributed by atoms with Crippen molar-refractivity contribution >= 4 is 28.2 Å². The lowest BCUT2D eigenvalue weighted by molar-refractivity contribution is 0.0594. The summed E-state index contributed by atoms with van der Waals surface area (Å²) in [5.74, 6) is -1.98. The third kappa shape index (κ3) is 3.42. The van der Waals surface area contributed by atoms with Crippen LogP contribution in [0.5, 0.6) is 0 Å². The maximum atomic E-state index is 14.0. The van der Waals surface area contributed by atoms with Gasteiger partial charge in [0.1, 0.15) is 11.6 Å². The molecule has 25 heavy (non-hydrogen) atoms. The number of nitrogens with zero attached hydrogens (tertiary/aromatic N) is 1. The predicted octanol–water partition coefficient (Wildman–Crippen LogP) is 4.61. The number of benzene rings is 2. The van der Waals surface area contributed by atoms with Crippen molar-refractivity contribution in [2.24, 2.45) is 0 Å². The molecule has 0 amide bonds. The van der Waals surface area contributed by atoms with Crippen molar-refractivity contribution in [3.8, 4) is 0 Å². The van der Waals surface area contributed by atoms with Crippen LogP contribution >= 0.6 is 0 Å². The number of rotatable bonds is 4. The number of fused-ring (bicyclic) bond motifs is 1. The quantitative estimate of drug-likeness (QED) is 0.704. The number of ether oxygens (including phenoxy) is 1. The van der Waals surface area contributed by atoms with Crippen LogP contribution in [0.15, 0.2) is 42.5 Å². The second-order valence-corrected chi connectivity index (χ2v) is 5.50. The van der Waals surface area contributed by atoms with Crippen molar-refractivity contribution in [2.45, 2.75) is 13.3 Å². The van der Waals surface area contributed by atoms with E-state index in [9.17, 15) is 13.6 Å². The molecule has 0 aliphatic rings. The number of esters is 1. The Labute approximate surface area is 143 Å². The molecule has 1 aromatic heterocycles. The molecule has 128 valence electrons. The van der Waals surface area contributed by atoms with Gasteiger partial charge >= 0.3 is 5.97 Å². The zero-order valence-corrected chi connectivity index (χ0v) is 13.8. The van der Waals surface area contributed by atoms with Gasteiger partial charge in [-0.25, -0.2) is 18.6 Å². The summed E-state index contributed by atoms with van der Waals surface area (Å²) in [6.07, 6.45) is 0.818. The number of aromatic nitrogens is 1. The van der Waals surface area contributed by atoms with Crippen molar-refractivity contribution in [1.29, 1.82) is 0 Å². The Morgan fingerprint density at radius 2 is 1.92 bits per heavy atom.